The van der Waals surface area contributed by atoms with Gasteiger partial charge in [0, 0.05) is 44.8 Å². The molecule has 1 aliphatic carbocycles. The fraction of sp³-hybridized carbons (Fsp3) is 0.632. The van der Waals surface area contributed by atoms with Gasteiger partial charge in [0.2, 0.25) is 5.91 Å². The molecule has 0 bridgehead atoms. The summed E-state index contributed by atoms with van der Waals surface area (Å²) in [4.78, 5) is 16.8. The average Bonchev–Trinajstić information content (AvgIpc) is 3.09. The van der Waals surface area contributed by atoms with Crippen molar-refractivity contribution in [2.45, 2.75) is 38.0 Å². The Morgan fingerprint density at radius 3 is 2.24 bits per heavy atom. The van der Waals surface area contributed by atoms with Crippen LogP contribution in [0.15, 0.2) is 24.3 Å². The van der Waals surface area contributed by atoms with Gasteiger partial charge in [0.05, 0.1) is 0 Å². The molecule has 1 amide bonds. The zero-order valence-electron chi connectivity index (χ0n) is 15.1. The molecule has 1 saturated carbocycles. The minimum atomic E-state index is 0. The zero-order chi connectivity index (χ0) is 16.1. The van der Waals surface area contributed by atoms with Crippen LogP contribution in [0.4, 0.5) is 5.69 Å². The van der Waals surface area contributed by atoms with Crippen LogP contribution in [0, 0.1) is 0 Å². The Labute approximate surface area is 164 Å². The van der Waals surface area contributed by atoms with Crippen molar-refractivity contribution in [2.24, 2.45) is 0 Å². The van der Waals surface area contributed by atoms with E-state index in [-0.39, 0.29) is 30.7 Å². The predicted octanol–water partition coefficient (Wildman–Crippen LogP) is 3.76. The Hall–Kier alpha value is -0.810. The van der Waals surface area contributed by atoms with Gasteiger partial charge in [0.1, 0.15) is 0 Å². The van der Waals surface area contributed by atoms with Crippen LogP contribution in [-0.2, 0) is 4.79 Å². The number of amides is 1. The van der Waals surface area contributed by atoms with E-state index in [1.54, 1.807) is 0 Å². The lowest BCUT2D eigenvalue weighted by atomic mass is 9.97. The summed E-state index contributed by atoms with van der Waals surface area (Å²) in [5, 5.41) is 3.03. The number of piperazine rings is 1. The van der Waals surface area contributed by atoms with Gasteiger partial charge in [0.25, 0.3) is 0 Å². The highest BCUT2D eigenvalue weighted by molar-refractivity contribution is 5.90. The van der Waals surface area contributed by atoms with E-state index in [9.17, 15) is 4.79 Å². The molecule has 1 aliphatic heterocycles. The maximum atomic E-state index is 12.1. The smallest absolute Gasteiger partial charge is 0.225 e. The van der Waals surface area contributed by atoms with Crippen molar-refractivity contribution in [2.75, 3.05) is 45.1 Å². The van der Waals surface area contributed by atoms with E-state index < -0.39 is 0 Å². The zero-order valence-corrected chi connectivity index (χ0v) is 16.7. The van der Waals surface area contributed by atoms with Crippen molar-refractivity contribution in [1.82, 2.24) is 9.80 Å². The van der Waals surface area contributed by atoms with Crippen molar-refractivity contribution in [3.63, 3.8) is 0 Å². The van der Waals surface area contributed by atoms with Crippen LogP contribution < -0.4 is 5.32 Å². The summed E-state index contributed by atoms with van der Waals surface area (Å²) in [5.41, 5.74) is 2.35. The van der Waals surface area contributed by atoms with Gasteiger partial charge in [-0.2, -0.15) is 0 Å². The van der Waals surface area contributed by atoms with Gasteiger partial charge in [-0.15, -0.1) is 24.8 Å². The second-order valence-corrected chi connectivity index (χ2v) is 7.05. The number of halogens is 2. The largest absolute Gasteiger partial charge is 0.326 e. The summed E-state index contributed by atoms with van der Waals surface area (Å²) in [6.07, 6.45) is 5.92. The minimum absolute atomic E-state index is 0. The molecule has 0 spiro atoms. The SMILES string of the molecule is CN1CCN(CCC(=O)Nc2ccc(C3CCCC3)cc2)CC1.Cl.Cl. The lowest BCUT2D eigenvalue weighted by Gasteiger charge is -2.32. The quantitative estimate of drug-likeness (QED) is 0.834. The van der Waals surface area contributed by atoms with Crippen molar-refractivity contribution in [1.29, 1.82) is 0 Å². The first kappa shape index (κ1) is 22.2. The third-order valence-electron chi connectivity index (χ3n) is 5.27. The number of nitrogens with zero attached hydrogens (tertiary/aromatic N) is 2. The molecule has 1 aromatic rings. The predicted molar refractivity (Wildman–Crippen MR) is 109 cm³/mol. The highest BCUT2D eigenvalue weighted by atomic mass is 35.5. The summed E-state index contributed by atoms with van der Waals surface area (Å²) >= 11 is 0. The molecule has 3 rings (SSSR count). The minimum Gasteiger partial charge on any atom is -0.326 e. The fourth-order valence-electron chi connectivity index (χ4n) is 3.65. The second kappa shape index (κ2) is 11.0. The topological polar surface area (TPSA) is 35.6 Å². The fourth-order valence-corrected chi connectivity index (χ4v) is 3.65. The molecule has 1 aromatic carbocycles. The number of carbonyl (C=O) groups excluding carboxylic acids is 1. The molecular weight excluding hydrogens is 357 g/mol. The molecule has 0 aromatic heterocycles. The normalized spacial score (nSPS) is 19.1. The molecule has 0 radical (unpaired) electrons. The van der Waals surface area contributed by atoms with Crippen molar-refractivity contribution >= 4 is 36.4 Å². The third-order valence-corrected chi connectivity index (χ3v) is 5.27. The van der Waals surface area contributed by atoms with Crippen LogP contribution in [-0.4, -0.2) is 55.5 Å². The van der Waals surface area contributed by atoms with Crippen LogP contribution in [0.1, 0.15) is 43.6 Å². The number of benzene rings is 1. The maximum absolute atomic E-state index is 12.1. The summed E-state index contributed by atoms with van der Waals surface area (Å²) in [6.45, 7) is 5.20. The van der Waals surface area contributed by atoms with E-state index in [1.807, 2.05) is 0 Å². The van der Waals surface area contributed by atoms with Gasteiger partial charge in [-0.25, -0.2) is 0 Å². The first-order valence-electron chi connectivity index (χ1n) is 9.01. The van der Waals surface area contributed by atoms with E-state index >= 15 is 0 Å². The summed E-state index contributed by atoms with van der Waals surface area (Å²) in [5.74, 6) is 0.856. The van der Waals surface area contributed by atoms with Crippen LogP contribution in [0.25, 0.3) is 0 Å². The van der Waals surface area contributed by atoms with Crippen LogP contribution >= 0.6 is 24.8 Å². The van der Waals surface area contributed by atoms with Gasteiger partial charge in [-0.3, -0.25) is 4.79 Å². The van der Waals surface area contributed by atoms with Crippen molar-refractivity contribution in [3.8, 4) is 0 Å². The first-order valence-corrected chi connectivity index (χ1v) is 9.01. The van der Waals surface area contributed by atoms with E-state index in [1.165, 1.54) is 31.2 Å². The first-order chi connectivity index (χ1) is 11.2. The van der Waals surface area contributed by atoms with Gasteiger partial charge >= 0.3 is 0 Å². The number of hydrogen-bond donors (Lipinski definition) is 1. The number of hydrogen-bond acceptors (Lipinski definition) is 3. The Bertz CT molecular complexity index is 510. The van der Waals surface area contributed by atoms with Gasteiger partial charge in [0.15, 0.2) is 0 Å². The third kappa shape index (κ3) is 6.78. The van der Waals surface area contributed by atoms with Crippen molar-refractivity contribution in [3.05, 3.63) is 29.8 Å². The molecule has 25 heavy (non-hydrogen) atoms. The monoisotopic (exact) mass is 387 g/mol. The Kier molecular flexibility index (Phi) is 9.80. The van der Waals surface area contributed by atoms with Crippen LogP contribution in [0.5, 0.6) is 0 Å². The van der Waals surface area contributed by atoms with E-state index in [2.05, 4.69) is 46.4 Å². The molecule has 4 nitrogen and oxygen atoms in total. The highest BCUT2D eigenvalue weighted by Crippen LogP contribution is 2.34. The maximum Gasteiger partial charge on any atom is 0.225 e. The number of nitrogens with one attached hydrogen (secondary N) is 1. The highest BCUT2D eigenvalue weighted by Gasteiger charge is 2.17. The molecule has 142 valence electrons. The van der Waals surface area contributed by atoms with E-state index in [4.69, 9.17) is 0 Å². The Balaban J connectivity index is 0.00000156. The molecule has 1 N–H and O–H groups in total. The lowest BCUT2D eigenvalue weighted by molar-refractivity contribution is -0.116. The Morgan fingerprint density at radius 2 is 1.64 bits per heavy atom. The molecule has 0 unspecified atom stereocenters. The molecule has 2 fully saturated rings. The molecule has 1 saturated heterocycles. The average molecular weight is 388 g/mol. The summed E-state index contributed by atoms with van der Waals surface area (Å²) < 4.78 is 0. The number of anilines is 1. The molecule has 6 heteroatoms. The van der Waals surface area contributed by atoms with E-state index in [0.717, 1.165) is 44.3 Å². The Morgan fingerprint density at radius 1 is 1.04 bits per heavy atom. The van der Waals surface area contributed by atoms with Gasteiger partial charge in [-0.1, -0.05) is 25.0 Å². The molecule has 0 atom stereocenters. The summed E-state index contributed by atoms with van der Waals surface area (Å²) in [7, 11) is 2.15. The second-order valence-electron chi connectivity index (χ2n) is 7.05. The number of carbonyl (C=O) groups is 1. The standard InChI is InChI=1S/C19H29N3O.2ClH/c1-21-12-14-22(15-13-21)11-10-19(23)20-18-8-6-17(7-9-18)16-4-2-3-5-16;;/h6-9,16H,2-5,10-15H2,1H3,(H,20,23);2*1H. The number of rotatable bonds is 5. The summed E-state index contributed by atoms with van der Waals surface area (Å²) in [6, 6.07) is 8.49. The lowest BCUT2D eigenvalue weighted by Crippen LogP contribution is -2.45. The van der Waals surface area contributed by atoms with Crippen LogP contribution in [0.2, 0.25) is 0 Å². The molecular formula is C19H31Cl2N3O. The molecule has 1 heterocycles. The van der Waals surface area contributed by atoms with Crippen LogP contribution in [0.3, 0.4) is 0 Å². The van der Waals surface area contributed by atoms with Gasteiger partial charge in [-0.05, 0) is 43.5 Å². The van der Waals surface area contributed by atoms with E-state index in [0.29, 0.717) is 6.42 Å². The number of likely N-dealkylation sites (N-methyl/N-ethyl adjacent to an activating group) is 1. The molecule has 2 aliphatic rings. The van der Waals surface area contributed by atoms with Crippen molar-refractivity contribution < 1.29 is 4.79 Å². The van der Waals surface area contributed by atoms with Gasteiger partial charge < -0.3 is 15.1 Å².